The summed E-state index contributed by atoms with van der Waals surface area (Å²) >= 11 is 0. The number of amides is 1. The second-order valence-electron chi connectivity index (χ2n) is 10.1. The van der Waals surface area contributed by atoms with E-state index in [9.17, 15) is 4.79 Å². The van der Waals surface area contributed by atoms with E-state index in [0.717, 1.165) is 79.2 Å². The van der Waals surface area contributed by atoms with Gasteiger partial charge in [-0.2, -0.15) is 10.2 Å². The number of rotatable bonds is 7. The van der Waals surface area contributed by atoms with Crippen molar-refractivity contribution in [1.82, 2.24) is 30.2 Å². The molecule has 0 bridgehead atoms. The van der Waals surface area contributed by atoms with Crippen LogP contribution in [0.15, 0.2) is 24.3 Å². The van der Waals surface area contributed by atoms with Gasteiger partial charge in [0.15, 0.2) is 5.82 Å². The molecule has 0 radical (unpaired) electrons. The van der Waals surface area contributed by atoms with Crippen molar-refractivity contribution in [2.45, 2.75) is 47.0 Å². The second kappa shape index (κ2) is 9.70. The van der Waals surface area contributed by atoms with Crippen molar-refractivity contribution in [1.29, 1.82) is 0 Å². The number of carbonyl (C=O) groups is 1. The van der Waals surface area contributed by atoms with Gasteiger partial charge in [-0.3, -0.25) is 4.79 Å². The summed E-state index contributed by atoms with van der Waals surface area (Å²) in [5.74, 6) is 0.966. The molecule has 182 valence electrons. The third-order valence-corrected chi connectivity index (χ3v) is 7.05. The fourth-order valence-corrected chi connectivity index (χ4v) is 4.71. The van der Waals surface area contributed by atoms with Crippen LogP contribution in [0.2, 0.25) is 0 Å². The fraction of sp³-hybridized carbons (Fsp3) is 0.538. The van der Waals surface area contributed by atoms with Gasteiger partial charge < -0.3 is 15.1 Å². The molecule has 0 aliphatic carbocycles. The van der Waals surface area contributed by atoms with Crippen LogP contribution in [0.5, 0.6) is 0 Å². The van der Waals surface area contributed by atoms with Crippen molar-refractivity contribution < 1.29 is 4.79 Å². The van der Waals surface area contributed by atoms with Gasteiger partial charge in [0, 0.05) is 25.0 Å². The summed E-state index contributed by atoms with van der Waals surface area (Å²) in [6.07, 6.45) is 2.52. The van der Waals surface area contributed by atoms with E-state index in [1.807, 2.05) is 11.6 Å². The zero-order valence-corrected chi connectivity index (χ0v) is 21.4. The molecule has 0 atom stereocenters. The molecular weight excluding hydrogens is 426 g/mol. The molecule has 1 amide bonds. The van der Waals surface area contributed by atoms with Gasteiger partial charge >= 0.3 is 0 Å². The van der Waals surface area contributed by atoms with Crippen LogP contribution >= 0.6 is 0 Å². The van der Waals surface area contributed by atoms with E-state index in [4.69, 9.17) is 5.10 Å². The average Bonchev–Trinajstić information content (AvgIpc) is 3.16. The first-order chi connectivity index (χ1) is 16.2. The van der Waals surface area contributed by atoms with Crippen molar-refractivity contribution in [3.05, 3.63) is 41.2 Å². The number of carbonyl (C=O) groups excluding carboxylic acids is 1. The first kappa shape index (κ1) is 24.1. The molecule has 1 aliphatic rings. The summed E-state index contributed by atoms with van der Waals surface area (Å²) in [6, 6.07) is 8.38. The van der Waals surface area contributed by atoms with E-state index in [0.29, 0.717) is 0 Å². The molecule has 0 spiro atoms. The van der Waals surface area contributed by atoms with Gasteiger partial charge in [0.1, 0.15) is 5.52 Å². The van der Waals surface area contributed by atoms with E-state index < -0.39 is 0 Å². The second-order valence-corrected chi connectivity index (χ2v) is 10.1. The molecule has 3 heterocycles. The van der Waals surface area contributed by atoms with Crippen LogP contribution in [-0.4, -0.2) is 71.1 Å². The number of nitrogens with one attached hydrogen (secondary N) is 1. The lowest BCUT2D eigenvalue weighted by Crippen LogP contribution is -2.48. The Morgan fingerprint density at radius 2 is 1.76 bits per heavy atom. The Balaban J connectivity index is 1.53. The van der Waals surface area contributed by atoms with Crippen molar-refractivity contribution in [2.75, 3.05) is 45.2 Å². The molecule has 8 nitrogen and oxygen atoms in total. The van der Waals surface area contributed by atoms with Gasteiger partial charge in [0.2, 0.25) is 5.91 Å². The number of hydrogen-bond acceptors (Lipinski definition) is 6. The Hall–Kier alpha value is -3.00. The molecule has 34 heavy (non-hydrogen) atoms. The van der Waals surface area contributed by atoms with E-state index in [2.05, 4.69) is 84.4 Å². The first-order valence-corrected chi connectivity index (χ1v) is 12.2. The van der Waals surface area contributed by atoms with Gasteiger partial charge in [-0.25, -0.2) is 4.68 Å². The lowest BCUT2D eigenvalue weighted by atomic mass is 9.79. The monoisotopic (exact) mass is 463 g/mol. The zero-order chi connectivity index (χ0) is 24.5. The van der Waals surface area contributed by atoms with Crippen molar-refractivity contribution in [2.24, 2.45) is 5.41 Å². The smallest absolute Gasteiger partial charge is 0.226 e. The van der Waals surface area contributed by atoms with Crippen LogP contribution in [0.25, 0.3) is 16.6 Å². The molecular formula is C26H37N7O. The molecule has 1 saturated heterocycles. The molecule has 1 N–H and O–H groups in total. The lowest BCUT2D eigenvalue weighted by molar-refractivity contribution is -0.131. The quantitative estimate of drug-likeness (QED) is 0.541. The molecule has 4 rings (SSSR count). The summed E-state index contributed by atoms with van der Waals surface area (Å²) in [5.41, 5.74) is 4.71. The summed E-state index contributed by atoms with van der Waals surface area (Å²) in [5, 5.41) is 18.2. The molecule has 0 unspecified atom stereocenters. The summed E-state index contributed by atoms with van der Waals surface area (Å²) < 4.78 is 1.99. The number of nitrogens with zero attached hydrogens (tertiary/aromatic N) is 6. The minimum Gasteiger partial charge on any atom is -0.356 e. The average molecular weight is 464 g/mol. The van der Waals surface area contributed by atoms with Gasteiger partial charge in [0.05, 0.1) is 22.5 Å². The SMILES string of the molecule is Cc1ccc(-n2nc3c(N4CCC(C)(C(=O)NCCCN(C)C)CC4)nnc(C)c3c2C)cc1. The van der Waals surface area contributed by atoms with Crippen molar-refractivity contribution in [3.8, 4) is 5.69 Å². The predicted octanol–water partition coefficient (Wildman–Crippen LogP) is 3.42. The van der Waals surface area contributed by atoms with Gasteiger partial charge in [-0.15, -0.1) is 5.10 Å². The number of benzene rings is 1. The standard InChI is InChI=1S/C26H37N7O/c1-18-8-10-21(11-9-18)33-20(3)22-19(2)28-29-24(23(22)30-33)32-16-12-26(4,13-17-32)25(34)27-14-7-15-31(5)6/h8-11H,7,12-17H2,1-6H3,(H,27,34). The largest absolute Gasteiger partial charge is 0.356 e. The lowest BCUT2D eigenvalue weighted by Gasteiger charge is -2.38. The molecule has 1 aromatic carbocycles. The molecule has 2 aromatic heterocycles. The van der Waals surface area contributed by atoms with E-state index in [-0.39, 0.29) is 11.3 Å². The van der Waals surface area contributed by atoms with Crippen LogP contribution in [0.1, 0.15) is 43.1 Å². The maximum atomic E-state index is 12.9. The molecule has 1 aliphatic heterocycles. The van der Waals surface area contributed by atoms with Crippen molar-refractivity contribution >= 4 is 22.6 Å². The first-order valence-electron chi connectivity index (χ1n) is 12.2. The number of aryl methyl sites for hydroxylation is 3. The highest BCUT2D eigenvalue weighted by atomic mass is 16.2. The summed E-state index contributed by atoms with van der Waals surface area (Å²) in [6.45, 7) is 11.4. The fourth-order valence-electron chi connectivity index (χ4n) is 4.71. The van der Waals surface area contributed by atoms with Gasteiger partial charge in [-0.05, 0) is 72.8 Å². The highest BCUT2D eigenvalue weighted by Crippen LogP contribution is 2.36. The minimum absolute atomic E-state index is 0.158. The minimum atomic E-state index is -0.358. The number of hydrogen-bond donors (Lipinski definition) is 1. The normalized spacial score (nSPS) is 15.8. The maximum Gasteiger partial charge on any atom is 0.226 e. The predicted molar refractivity (Wildman–Crippen MR) is 137 cm³/mol. The highest BCUT2D eigenvalue weighted by Gasteiger charge is 2.37. The molecule has 3 aromatic rings. The molecule has 8 heteroatoms. The zero-order valence-electron chi connectivity index (χ0n) is 21.4. The Bertz CT molecular complexity index is 1160. The van der Waals surface area contributed by atoms with Gasteiger partial charge in [0.25, 0.3) is 0 Å². The van der Waals surface area contributed by atoms with Gasteiger partial charge in [-0.1, -0.05) is 24.6 Å². The third kappa shape index (κ3) is 4.78. The maximum absolute atomic E-state index is 12.9. The highest BCUT2D eigenvalue weighted by molar-refractivity contribution is 5.92. The van der Waals surface area contributed by atoms with E-state index >= 15 is 0 Å². The Morgan fingerprint density at radius 3 is 2.41 bits per heavy atom. The topological polar surface area (TPSA) is 79.2 Å². The van der Waals surface area contributed by atoms with Crippen LogP contribution in [0.4, 0.5) is 5.82 Å². The van der Waals surface area contributed by atoms with E-state index in [1.54, 1.807) is 0 Å². The van der Waals surface area contributed by atoms with Crippen molar-refractivity contribution in [3.63, 3.8) is 0 Å². The summed E-state index contributed by atoms with van der Waals surface area (Å²) in [7, 11) is 4.10. The Labute approximate surface area is 202 Å². The van der Waals surface area contributed by atoms with Crippen LogP contribution < -0.4 is 10.2 Å². The number of piperidine rings is 1. The number of fused-ring (bicyclic) bond motifs is 1. The number of aromatic nitrogens is 4. The van der Waals surface area contributed by atoms with Crippen LogP contribution in [0.3, 0.4) is 0 Å². The summed E-state index contributed by atoms with van der Waals surface area (Å²) in [4.78, 5) is 17.3. The van der Waals surface area contributed by atoms with Crippen LogP contribution in [-0.2, 0) is 4.79 Å². The third-order valence-electron chi connectivity index (χ3n) is 7.05. The Morgan fingerprint density at radius 1 is 1.09 bits per heavy atom. The Kier molecular flexibility index (Phi) is 6.89. The number of anilines is 1. The molecule has 1 fully saturated rings. The van der Waals surface area contributed by atoms with Crippen LogP contribution in [0, 0.1) is 26.2 Å². The molecule has 0 saturated carbocycles. The van der Waals surface area contributed by atoms with E-state index in [1.165, 1.54) is 5.56 Å².